The van der Waals surface area contributed by atoms with Crippen LogP contribution in [0.1, 0.15) is 37.2 Å². The highest BCUT2D eigenvalue weighted by Gasteiger charge is 2.27. The smallest absolute Gasteiger partial charge is 0.402 e. The van der Waals surface area contributed by atoms with Gasteiger partial charge in [0.1, 0.15) is 5.75 Å². The van der Waals surface area contributed by atoms with Crippen molar-refractivity contribution in [1.82, 2.24) is 10.2 Å². The molecule has 2 fully saturated rings. The van der Waals surface area contributed by atoms with Crippen LogP contribution in [0.5, 0.6) is 5.75 Å². The van der Waals surface area contributed by atoms with Gasteiger partial charge in [-0.2, -0.15) is 0 Å². The van der Waals surface area contributed by atoms with Crippen molar-refractivity contribution in [2.24, 2.45) is 5.73 Å². The summed E-state index contributed by atoms with van der Waals surface area (Å²) in [7, 11) is 1.75. The number of nitrogens with two attached hydrogens (primary N) is 1. The van der Waals surface area contributed by atoms with E-state index >= 15 is 0 Å². The average molecular weight is 335 g/mol. The van der Waals surface area contributed by atoms with Crippen LogP contribution in [0.15, 0.2) is 24.3 Å². The summed E-state index contributed by atoms with van der Waals surface area (Å²) in [5.74, 6) is 1.72. The summed E-state index contributed by atoms with van der Waals surface area (Å²) in [6.07, 6.45) is 4.01. The van der Waals surface area contributed by atoms with Gasteiger partial charge in [-0.05, 0) is 49.3 Å². The predicted molar refractivity (Wildman–Crippen MR) is 94.6 cm³/mol. The highest BCUT2D eigenvalue weighted by molar-refractivity contribution is 5.61. The molecular formula is C18H29N3O3. The number of primary amides is 1. The van der Waals surface area contributed by atoms with E-state index in [4.69, 9.17) is 14.6 Å². The molecule has 1 heterocycles. The van der Waals surface area contributed by atoms with Gasteiger partial charge in [0, 0.05) is 32.2 Å². The van der Waals surface area contributed by atoms with E-state index in [0.717, 1.165) is 30.8 Å². The molecule has 0 unspecified atom stereocenters. The van der Waals surface area contributed by atoms with Crippen molar-refractivity contribution < 1.29 is 14.6 Å². The summed E-state index contributed by atoms with van der Waals surface area (Å²) in [5, 5.41) is 10.6. The SMILES string of the molecule is COc1cccc(C2CCC(N3CCNCC3)CC2)c1.NC(=O)O. The van der Waals surface area contributed by atoms with E-state index in [1.54, 1.807) is 7.11 Å². The van der Waals surface area contributed by atoms with Crippen LogP contribution in [0, 0.1) is 0 Å². The third kappa shape index (κ3) is 5.69. The van der Waals surface area contributed by atoms with Crippen LogP contribution in [0.25, 0.3) is 0 Å². The number of benzene rings is 1. The standard InChI is InChI=1S/C17H26N2O.CH3NO2/c1-20-17-4-2-3-15(13-17)14-5-7-16(8-6-14)19-11-9-18-10-12-19;2-1(3)4/h2-4,13-14,16,18H,5-12H2,1H3;2H2,(H,3,4). The van der Waals surface area contributed by atoms with Crippen LogP contribution < -0.4 is 15.8 Å². The van der Waals surface area contributed by atoms with Crippen LogP contribution in [0.2, 0.25) is 0 Å². The number of piperazine rings is 1. The fraction of sp³-hybridized carbons (Fsp3) is 0.611. The van der Waals surface area contributed by atoms with Crippen molar-refractivity contribution in [2.75, 3.05) is 33.3 Å². The second-order valence-electron chi connectivity index (χ2n) is 6.41. The first-order chi connectivity index (χ1) is 11.6. The maximum Gasteiger partial charge on any atom is 0.402 e. The van der Waals surface area contributed by atoms with E-state index in [9.17, 15) is 0 Å². The van der Waals surface area contributed by atoms with Gasteiger partial charge in [-0.15, -0.1) is 0 Å². The molecule has 6 nitrogen and oxygen atoms in total. The second kappa shape index (κ2) is 9.49. The predicted octanol–water partition coefficient (Wildman–Crippen LogP) is 2.25. The molecule has 0 spiro atoms. The number of carbonyl (C=O) groups is 1. The Morgan fingerprint density at radius 1 is 1.25 bits per heavy atom. The van der Waals surface area contributed by atoms with E-state index in [1.165, 1.54) is 44.3 Å². The van der Waals surface area contributed by atoms with Crippen molar-refractivity contribution in [3.05, 3.63) is 29.8 Å². The Labute approximate surface area is 144 Å². The van der Waals surface area contributed by atoms with Gasteiger partial charge in [-0.25, -0.2) is 4.79 Å². The molecule has 0 bridgehead atoms. The van der Waals surface area contributed by atoms with Crippen LogP contribution in [0.3, 0.4) is 0 Å². The molecule has 24 heavy (non-hydrogen) atoms. The molecule has 1 saturated carbocycles. The van der Waals surface area contributed by atoms with E-state index in [1.807, 2.05) is 6.07 Å². The molecule has 1 aliphatic heterocycles. The van der Waals surface area contributed by atoms with Crippen LogP contribution in [0.4, 0.5) is 4.79 Å². The molecule has 1 amide bonds. The minimum Gasteiger partial charge on any atom is -0.497 e. The van der Waals surface area contributed by atoms with Gasteiger partial charge in [0.05, 0.1) is 7.11 Å². The number of hydrogen-bond acceptors (Lipinski definition) is 4. The van der Waals surface area contributed by atoms with Gasteiger partial charge in [0.15, 0.2) is 0 Å². The Hall–Kier alpha value is -1.79. The number of nitrogens with zero attached hydrogens (tertiary/aromatic N) is 1. The number of ether oxygens (including phenoxy) is 1. The Morgan fingerprint density at radius 3 is 2.46 bits per heavy atom. The molecule has 1 aromatic rings. The molecule has 3 rings (SSSR count). The van der Waals surface area contributed by atoms with Crippen molar-refractivity contribution in [1.29, 1.82) is 0 Å². The maximum atomic E-state index is 8.78. The molecule has 0 radical (unpaired) electrons. The van der Waals surface area contributed by atoms with Gasteiger partial charge >= 0.3 is 6.09 Å². The maximum absolute atomic E-state index is 8.78. The second-order valence-corrected chi connectivity index (χ2v) is 6.41. The van der Waals surface area contributed by atoms with E-state index in [-0.39, 0.29) is 0 Å². The lowest BCUT2D eigenvalue weighted by molar-refractivity contribution is 0.133. The molecule has 2 aliphatic rings. The number of rotatable bonds is 3. The average Bonchev–Trinajstić information content (AvgIpc) is 2.62. The first-order valence-corrected chi connectivity index (χ1v) is 8.67. The first-order valence-electron chi connectivity index (χ1n) is 8.67. The monoisotopic (exact) mass is 335 g/mol. The largest absolute Gasteiger partial charge is 0.497 e. The molecule has 1 aliphatic carbocycles. The Bertz CT molecular complexity index is 506. The molecular weight excluding hydrogens is 306 g/mol. The van der Waals surface area contributed by atoms with Crippen molar-refractivity contribution in [3.8, 4) is 5.75 Å². The molecule has 134 valence electrons. The normalized spacial score (nSPS) is 24.5. The van der Waals surface area contributed by atoms with Crippen molar-refractivity contribution in [3.63, 3.8) is 0 Å². The fourth-order valence-electron chi connectivity index (χ4n) is 3.72. The van der Waals surface area contributed by atoms with Gasteiger partial charge in [0.25, 0.3) is 0 Å². The molecule has 1 saturated heterocycles. The number of hydrogen-bond donors (Lipinski definition) is 3. The zero-order valence-corrected chi connectivity index (χ0v) is 14.4. The van der Waals surface area contributed by atoms with Gasteiger partial charge in [0.2, 0.25) is 0 Å². The summed E-state index contributed by atoms with van der Waals surface area (Å²) >= 11 is 0. The van der Waals surface area contributed by atoms with Crippen LogP contribution in [-0.2, 0) is 0 Å². The summed E-state index contributed by atoms with van der Waals surface area (Å²) in [5.41, 5.74) is 5.49. The van der Waals surface area contributed by atoms with Gasteiger partial charge in [-0.1, -0.05) is 12.1 Å². The first kappa shape index (κ1) is 18.5. The number of methoxy groups -OCH3 is 1. The molecule has 1 aromatic carbocycles. The lowest BCUT2D eigenvalue weighted by Gasteiger charge is -2.39. The summed E-state index contributed by atoms with van der Waals surface area (Å²) < 4.78 is 5.35. The molecule has 0 atom stereocenters. The fourth-order valence-corrected chi connectivity index (χ4v) is 3.72. The molecule has 6 heteroatoms. The number of carboxylic acid groups (broad SMARTS) is 1. The van der Waals surface area contributed by atoms with Gasteiger partial charge < -0.3 is 20.9 Å². The highest BCUT2D eigenvalue weighted by atomic mass is 16.5. The van der Waals surface area contributed by atoms with Crippen molar-refractivity contribution in [2.45, 2.75) is 37.6 Å². The zero-order valence-electron chi connectivity index (χ0n) is 14.4. The minimum absolute atomic E-state index is 0.726. The highest BCUT2D eigenvalue weighted by Crippen LogP contribution is 2.35. The van der Waals surface area contributed by atoms with Crippen molar-refractivity contribution >= 4 is 6.09 Å². The molecule has 0 aromatic heterocycles. The Kier molecular flexibility index (Phi) is 7.34. The summed E-state index contributed by atoms with van der Waals surface area (Å²) in [6.45, 7) is 4.79. The molecule has 4 N–H and O–H groups in total. The topological polar surface area (TPSA) is 87.8 Å². The van der Waals surface area contributed by atoms with Crippen LogP contribution in [-0.4, -0.2) is 55.4 Å². The lowest BCUT2D eigenvalue weighted by Crippen LogP contribution is -2.49. The summed E-state index contributed by atoms with van der Waals surface area (Å²) in [4.78, 5) is 11.5. The van der Waals surface area contributed by atoms with E-state index < -0.39 is 6.09 Å². The Balaban J connectivity index is 0.000000471. The lowest BCUT2D eigenvalue weighted by atomic mass is 9.81. The zero-order chi connectivity index (χ0) is 17.4. The third-order valence-electron chi connectivity index (χ3n) is 4.93. The van der Waals surface area contributed by atoms with Gasteiger partial charge in [-0.3, -0.25) is 4.90 Å². The van der Waals surface area contributed by atoms with E-state index in [2.05, 4.69) is 34.1 Å². The van der Waals surface area contributed by atoms with Crippen LogP contribution >= 0.6 is 0 Å². The quantitative estimate of drug-likeness (QED) is 0.788. The number of amides is 1. The van der Waals surface area contributed by atoms with E-state index in [0.29, 0.717) is 0 Å². The summed E-state index contributed by atoms with van der Waals surface area (Å²) in [6, 6.07) is 9.46. The number of nitrogens with one attached hydrogen (secondary N) is 1. The minimum atomic E-state index is -1.33. The Morgan fingerprint density at radius 2 is 1.88 bits per heavy atom. The third-order valence-corrected chi connectivity index (χ3v) is 4.93.